The van der Waals surface area contributed by atoms with Gasteiger partial charge in [0.25, 0.3) is 18.2 Å². The van der Waals surface area contributed by atoms with Crippen LogP contribution in [0.25, 0.3) is 11.5 Å². The Morgan fingerprint density at radius 2 is 1.67 bits per heavy atom. The van der Waals surface area contributed by atoms with Crippen LogP contribution < -0.4 is 26.0 Å². The summed E-state index contributed by atoms with van der Waals surface area (Å²) in [6.07, 6.45) is 7.51. The number of nitrogens with zero attached hydrogens (tertiary/aromatic N) is 6. The summed E-state index contributed by atoms with van der Waals surface area (Å²) in [7, 11) is 3.42. The Labute approximate surface area is 507 Å². The number of rotatable bonds is 26. The molecule has 0 spiro atoms. The van der Waals surface area contributed by atoms with Crippen molar-refractivity contribution in [3.05, 3.63) is 135 Å². The number of anilines is 3. The molecule has 86 heavy (non-hydrogen) atoms. The lowest BCUT2D eigenvalue weighted by Crippen LogP contribution is -2.39. The van der Waals surface area contributed by atoms with Gasteiger partial charge >= 0.3 is 0 Å². The Morgan fingerprint density at radius 3 is 2.38 bits per heavy atom. The maximum atomic E-state index is 16.2. The maximum Gasteiger partial charge on any atom is 0.284 e. The second kappa shape index (κ2) is 28.2. The molecule has 6 aromatic rings. The van der Waals surface area contributed by atoms with Crippen molar-refractivity contribution in [1.82, 2.24) is 30.0 Å². The summed E-state index contributed by atoms with van der Waals surface area (Å²) in [6, 6.07) is 18.8. The maximum absolute atomic E-state index is 16.2. The summed E-state index contributed by atoms with van der Waals surface area (Å²) in [6.45, 7) is 9.84. The first-order chi connectivity index (χ1) is 41.2. The van der Waals surface area contributed by atoms with E-state index in [2.05, 4.69) is 47.3 Å². The SMILES string of the molecule is COc1cc(C(=O)NCCOCCOCCN(C)CC2CCC(n3cc(NC(=O)c4coc(-c5ccnc(NCC6CC6)c5)n4)c(C(F)F)n3)CC2)ccc1NC(=O)C1C[C@@H](CC(C)(C)C)[C@](C#N)(c2ccc(Cl)cc2F)[C@H]1c1cccc(Cl)c1F. The third-order valence-electron chi connectivity index (χ3n) is 16.4. The fourth-order valence-electron chi connectivity index (χ4n) is 12.0. The monoisotopic (exact) mass is 1230 g/mol. The zero-order valence-electron chi connectivity index (χ0n) is 48.7. The number of carbonyl (C=O) groups excluding carboxylic acids is 3. The molecule has 1 unspecified atom stereocenters. The van der Waals surface area contributed by atoms with Gasteiger partial charge in [0.2, 0.25) is 11.8 Å². The number of nitrogens with one attached hydrogen (secondary N) is 4. The van der Waals surface area contributed by atoms with Crippen LogP contribution in [0.4, 0.5) is 34.8 Å². The number of nitriles is 1. The fourth-order valence-corrected chi connectivity index (χ4v) is 12.4. The molecule has 3 amide bonds. The summed E-state index contributed by atoms with van der Waals surface area (Å²) in [5.74, 6) is -3.96. The number of carbonyl (C=O) groups is 3. The second-order valence-corrected chi connectivity index (χ2v) is 24.6. The third-order valence-corrected chi connectivity index (χ3v) is 16.9. The number of methoxy groups -OCH3 is 1. The van der Waals surface area contributed by atoms with E-state index < -0.39 is 64.6 Å². The van der Waals surface area contributed by atoms with E-state index in [1.807, 2.05) is 27.8 Å². The number of amides is 3. The number of hydrogen-bond donors (Lipinski definition) is 4. The van der Waals surface area contributed by atoms with Gasteiger partial charge in [-0.1, -0.05) is 62.2 Å². The molecule has 9 rings (SSSR count). The average Bonchev–Trinajstić information content (AvgIpc) is 1.53. The van der Waals surface area contributed by atoms with Gasteiger partial charge in [0, 0.05) is 72.1 Å². The number of pyridine rings is 1. The molecule has 3 aliphatic rings. The highest BCUT2D eigenvalue weighted by molar-refractivity contribution is 6.31. The van der Waals surface area contributed by atoms with E-state index in [0.29, 0.717) is 56.0 Å². The topological polar surface area (TPSA) is 211 Å². The lowest BCUT2D eigenvalue weighted by atomic mass is 9.62. The fraction of sp³-hybridized carbons (Fsp3) is 0.476. The molecule has 458 valence electrons. The van der Waals surface area contributed by atoms with Crippen molar-refractivity contribution >= 4 is 58.1 Å². The van der Waals surface area contributed by atoms with Crippen molar-refractivity contribution in [1.29, 1.82) is 5.26 Å². The highest BCUT2D eigenvalue weighted by atomic mass is 35.5. The molecular weight excluding hydrogens is 1160 g/mol. The number of alkyl halides is 2. The Kier molecular flexibility index (Phi) is 20.8. The zero-order chi connectivity index (χ0) is 61.3. The molecule has 0 aliphatic heterocycles. The predicted molar refractivity (Wildman–Crippen MR) is 319 cm³/mol. The van der Waals surface area contributed by atoms with Gasteiger partial charge < -0.3 is 44.8 Å². The number of benzene rings is 3. The molecule has 0 bridgehead atoms. The van der Waals surface area contributed by atoms with Gasteiger partial charge in [-0.25, -0.2) is 27.5 Å². The molecule has 3 heterocycles. The van der Waals surface area contributed by atoms with E-state index in [9.17, 15) is 28.4 Å². The van der Waals surface area contributed by atoms with E-state index in [1.54, 1.807) is 23.0 Å². The van der Waals surface area contributed by atoms with Crippen molar-refractivity contribution in [3.63, 3.8) is 0 Å². The Bertz CT molecular complexity index is 3400. The summed E-state index contributed by atoms with van der Waals surface area (Å²) in [5.41, 5.74) is -1.61. The molecule has 3 saturated carbocycles. The molecule has 17 nitrogen and oxygen atoms in total. The number of oxazole rings is 1. The second-order valence-electron chi connectivity index (χ2n) is 23.8. The van der Waals surface area contributed by atoms with E-state index in [-0.39, 0.29) is 86.5 Å². The van der Waals surface area contributed by atoms with Gasteiger partial charge in [-0.2, -0.15) is 10.4 Å². The Balaban J connectivity index is 0.690. The highest BCUT2D eigenvalue weighted by Gasteiger charge is 2.61. The van der Waals surface area contributed by atoms with Crippen molar-refractivity contribution in [2.45, 2.75) is 95.9 Å². The zero-order valence-corrected chi connectivity index (χ0v) is 50.3. The molecule has 4 atom stereocenters. The van der Waals surface area contributed by atoms with Gasteiger partial charge in [-0.3, -0.25) is 19.1 Å². The van der Waals surface area contributed by atoms with Crippen molar-refractivity contribution in [2.75, 3.05) is 82.7 Å². The molecule has 0 radical (unpaired) electrons. The number of hydrogen-bond acceptors (Lipinski definition) is 13. The standard InChI is InChI=1S/C63H72Cl2F4N10O7/c1-62(2,3)31-41-29-45(54(44-7-6-8-47(65)55(44)67)63(41,36-70)46-17-14-42(64)30-48(46)66)59(81)74-49-18-13-39(27-52(49)83-5)58(80)72-21-23-84-25-26-85-24-22-78(4)33-38-11-15-43(16-12-38)79-34-50(56(77-79)57(68)69)75-60(82)51-35-86-61(76-51)40-19-20-71-53(28-40)73-32-37-9-10-37/h6-8,13-14,17-20,27-28,30,34-35,37-38,41,43,45,54,57H,9-12,15-16,21-26,29,31-33H2,1-5H3,(H,71,73)(H,72,80)(H,74,81)(H,75,82)/t38?,41-,43?,45?,54-,63+/m0/s1. The van der Waals surface area contributed by atoms with Crippen LogP contribution in [0.2, 0.25) is 10.0 Å². The van der Waals surface area contributed by atoms with Crippen molar-refractivity contribution in [2.24, 2.45) is 29.1 Å². The minimum Gasteiger partial charge on any atom is -0.495 e. The van der Waals surface area contributed by atoms with Gasteiger partial charge in [0.15, 0.2) is 11.4 Å². The first-order valence-electron chi connectivity index (χ1n) is 29.0. The van der Waals surface area contributed by atoms with Crippen LogP contribution in [0.3, 0.4) is 0 Å². The first-order valence-corrected chi connectivity index (χ1v) is 29.8. The average molecular weight is 1230 g/mol. The molecule has 3 aliphatic carbocycles. The molecular formula is C63H72Cl2F4N10O7. The van der Waals surface area contributed by atoms with Crippen LogP contribution in [-0.4, -0.2) is 109 Å². The molecule has 23 heteroatoms. The summed E-state index contributed by atoms with van der Waals surface area (Å²) in [5, 5.41) is 27.0. The van der Waals surface area contributed by atoms with E-state index in [0.717, 1.165) is 44.8 Å². The minimum absolute atomic E-state index is 0.00761. The molecule has 4 N–H and O–H groups in total. The number of aromatic nitrogens is 4. The van der Waals surface area contributed by atoms with Gasteiger partial charge in [0.05, 0.1) is 67.5 Å². The van der Waals surface area contributed by atoms with Gasteiger partial charge in [0.1, 0.15) is 29.5 Å². The predicted octanol–water partition coefficient (Wildman–Crippen LogP) is 12.9. The third kappa shape index (κ3) is 15.4. The summed E-state index contributed by atoms with van der Waals surface area (Å²) in [4.78, 5) is 52.0. The van der Waals surface area contributed by atoms with Gasteiger partial charge in [-0.05, 0) is 136 Å². The van der Waals surface area contributed by atoms with E-state index in [4.69, 9.17) is 41.8 Å². The number of ether oxygens (including phenoxy) is 3. The molecule has 3 aromatic carbocycles. The Hall–Kier alpha value is -7.09. The first kappa shape index (κ1) is 63.4. The summed E-state index contributed by atoms with van der Waals surface area (Å²) < 4.78 is 85.1. The smallest absolute Gasteiger partial charge is 0.284 e. The lowest BCUT2D eigenvalue weighted by molar-refractivity contribution is -0.120. The Morgan fingerprint density at radius 1 is 0.919 bits per heavy atom. The van der Waals surface area contributed by atoms with Crippen LogP contribution in [0.15, 0.2) is 89.8 Å². The quantitative estimate of drug-likeness (QED) is 0.0294. The lowest BCUT2D eigenvalue weighted by Gasteiger charge is -2.38. The molecule has 3 aromatic heterocycles. The van der Waals surface area contributed by atoms with E-state index >= 15 is 8.78 Å². The van der Waals surface area contributed by atoms with Crippen molar-refractivity contribution in [3.8, 4) is 23.3 Å². The van der Waals surface area contributed by atoms with Crippen LogP contribution in [-0.2, 0) is 19.7 Å². The van der Waals surface area contributed by atoms with Gasteiger partial charge in [-0.15, -0.1) is 0 Å². The van der Waals surface area contributed by atoms with Crippen LogP contribution >= 0.6 is 23.2 Å². The largest absolute Gasteiger partial charge is 0.495 e. The molecule has 3 fully saturated rings. The highest BCUT2D eigenvalue weighted by Crippen LogP contribution is 2.61. The van der Waals surface area contributed by atoms with Crippen molar-refractivity contribution < 1.29 is 50.6 Å². The van der Waals surface area contributed by atoms with Crippen LogP contribution in [0.5, 0.6) is 5.75 Å². The molecule has 0 saturated heterocycles. The number of halogens is 6. The summed E-state index contributed by atoms with van der Waals surface area (Å²) >= 11 is 12.5. The van der Waals surface area contributed by atoms with Crippen LogP contribution in [0.1, 0.15) is 128 Å². The minimum atomic E-state index is -2.90. The normalized spacial score (nSPS) is 20.4. The van der Waals surface area contributed by atoms with E-state index in [1.165, 1.54) is 80.9 Å². The number of likely N-dealkylation sites (N-methyl/N-ethyl adjacent to an activating group) is 1. The van der Waals surface area contributed by atoms with Crippen LogP contribution in [0, 0.1) is 52.1 Å².